The fraction of sp³-hybridized carbons (Fsp3) is 0.222. The molecule has 0 spiro atoms. The summed E-state index contributed by atoms with van der Waals surface area (Å²) in [5.41, 5.74) is 0. The predicted octanol–water partition coefficient (Wildman–Crippen LogP) is 0.975. The minimum Gasteiger partial charge on any atom is -0.507 e. The SMILES string of the molecule is O=C(O)CCS(=O)c1ccccc1O. The maximum absolute atomic E-state index is 11.5. The number of benzene rings is 1. The predicted molar refractivity (Wildman–Crippen MR) is 51.6 cm³/mol. The molecule has 0 aliphatic rings. The highest BCUT2D eigenvalue weighted by Crippen LogP contribution is 2.20. The molecule has 0 amide bonds. The van der Waals surface area contributed by atoms with Crippen LogP contribution in [0.25, 0.3) is 0 Å². The van der Waals surface area contributed by atoms with Crippen LogP contribution in [0.5, 0.6) is 5.75 Å². The molecule has 1 aromatic rings. The van der Waals surface area contributed by atoms with E-state index in [0.717, 1.165) is 0 Å². The van der Waals surface area contributed by atoms with Crippen molar-refractivity contribution in [3.63, 3.8) is 0 Å². The van der Waals surface area contributed by atoms with Crippen molar-refractivity contribution in [1.82, 2.24) is 0 Å². The molecule has 0 aromatic heterocycles. The van der Waals surface area contributed by atoms with Crippen LogP contribution in [0, 0.1) is 0 Å². The zero-order chi connectivity index (χ0) is 10.6. The molecule has 2 N–H and O–H groups in total. The maximum atomic E-state index is 11.5. The summed E-state index contributed by atoms with van der Waals surface area (Å²) in [4.78, 5) is 10.5. The molecule has 0 saturated heterocycles. The molecule has 1 aromatic carbocycles. The standard InChI is InChI=1S/C9H10O4S/c10-7-3-1-2-4-8(7)14(13)6-5-9(11)12/h1-4,10H,5-6H2,(H,11,12). The molecule has 5 heteroatoms. The molecular formula is C9H10O4S. The van der Waals surface area contributed by atoms with E-state index in [2.05, 4.69) is 0 Å². The lowest BCUT2D eigenvalue weighted by molar-refractivity contribution is -0.136. The van der Waals surface area contributed by atoms with E-state index in [9.17, 15) is 14.1 Å². The summed E-state index contributed by atoms with van der Waals surface area (Å²) in [6, 6.07) is 6.21. The molecule has 14 heavy (non-hydrogen) atoms. The van der Waals surface area contributed by atoms with Crippen LogP contribution in [0.3, 0.4) is 0 Å². The number of rotatable bonds is 4. The molecule has 0 bridgehead atoms. The van der Waals surface area contributed by atoms with E-state index in [4.69, 9.17) is 5.11 Å². The van der Waals surface area contributed by atoms with Gasteiger partial charge in [-0.3, -0.25) is 9.00 Å². The Morgan fingerprint density at radius 3 is 2.57 bits per heavy atom. The second kappa shape index (κ2) is 4.76. The minimum atomic E-state index is -1.45. The Hall–Kier alpha value is -1.36. The Morgan fingerprint density at radius 2 is 2.00 bits per heavy atom. The van der Waals surface area contributed by atoms with E-state index in [1.807, 2.05) is 0 Å². The maximum Gasteiger partial charge on any atom is 0.304 e. The Bertz CT molecular complexity index is 362. The van der Waals surface area contributed by atoms with Gasteiger partial charge in [0.15, 0.2) is 0 Å². The topological polar surface area (TPSA) is 74.6 Å². The highest BCUT2D eigenvalue weighted by molar-refractivity contribution is 7.85. The number of phenolic OH excluding ortho intramolecular Hbond substituents is 1. The lowest BCUT2D eigenvalue weighted by Gasteiger charge is -2.02. The Labute approximate surface area is 83.7 Å². The lowest BCUT2D eigenvalue weighted by Crippen LogP contribution is -2.04. The van der Waals surface area contributed by atoms with Crippen molar-refractivity contribution in [3.05, 3.63) is 24.3 Å². The molecule has 1 unspecified atom stereocenters. The van der Waals surface area contributed by atoms with E-state index < -0.39 is 16.8 Å². The van der Waals surface area contributed by atoms with E-state index >= 15 is 0 Å². The first-order chi connectivity index (χ1) is 6.61. The number of hydrogen-bond acceptors (Lipinski definition) is 3. The molecule has 0 fully saturated rings. The molecule has 76 valence electrons. The number of aromatic hydroxyl groups is 1. The van der Waals surface area contributed by atoms with Crippen molar-refractivity contribution in [1.29, 1.82) is 0 Å². The first kappa shape index (κ1) is 10.7. The normalized spacial score (nSPS) is 12.3. The summed E-state index contributed by atoms with van der Waals surface area (Å²) in [6.07, 6.45) is -0.166. The van der Waals surface area contributed by atoms with E-state index in [1.165, 1.54) is 12.1 Å². The van der Waals surface area contributed by atoms with Gasteiger partial charge in [-0.1, -0.05) is 12.1 Å². The molecule has 1 rings (SSSR count). The Kier molecular flexibility index (Phi) is 3.64. The first-order valence-electron chi connectivity index (χ1n) is 3.99. The fourth-order valence-corrected chi connectivity index (χ4v) is 2.05. The molecule has 0 aliphatic carbocycles. The summed E-state index contributed by atoms with van der Waals surface area (Å²) in [5, 5.41) is 17.7. The van der Waals surface area contributed by atoms with Gasteiger partial charge in [0, 0.05) is 5.75 Å². The first-order valence-corrected chi connectivity index (χ1v) is 5.31. The molecular weight excluding hydrogens is 204 g/mol. The third-order valence-electron chi connectivity index (χ3n) is 1.61. The molecule has 0 radical (unpaired) electrons. The van der Waals surface area contributed by atoms with Gasteiger partial charge in [-0.05, 0) is 12.1 Å². The van der Waals surface area contributed by atoms with Crippen LogP contribution in [0.1, 0.15) is 6.42 Å². The van der Waals surface area contributed by atoms with Crippen molar-refractivity contribution in [2.45, 2.75) is 11.3 Å². The van der Waals surface area contributed by atoms with Crippen LogP contribution in [-0.4, -0.2) is 26.1 Å². The third kappa shape index (κ3) is 2.85. The number of para-hydroxylation sites is 1. The van der Waals surface area contributed by atoms with Crippen LogP contribution in [-0.2, 0) is 15.6 Å². The van der Waals surface area contributed by atoms with Gasteiger partial charge in [0.2, 0.25) is 0 Å². The van der Waals surface area contributed by atoms with Gasteiger partial charge in [-0.2, -0.15) is 0 Å². The highest BCUT2D eigenvalue weighted by atomic mass is 32.2. The zero-order valence-corrected chi connectivity index (χ0v) is 8.16. The monoisotopic (exact) mass is 214 g/mol. The average molecular weight is 214 g/mol. The quantitative estimate of drug-likeness (QED) is 0.783. The number of hydrogen-bond donors (Lipinski definition) is 2. The van der Waals surface area contributed by atoms with E-state index in [-0.39, 0.29) is 22.8 Å². The molecule has 0 saturated carbocycles. The van der Waals surface area contributed by atoms with Crippen molar-refractivity contribution >= 4 is 16.8 Å². The fourth-order valence-electron chi connectivity index (χ4n) is 0.940. The van der Waals surface area contributed by atoms with Crippen molar-refractivity contribution in [3.8, 4) is 5.75 Å². The van der Waals surface area contributed by atoms with Crippen molar-refractivity contribution in [2.75, 3.05) is 5.75 Å². The van der Waals surface area contributed by atoms with E-state index in [0.29, 0.717) is 0 Å². The van der Waals surface area contributed by atoms with Crippen molar-refractivity contribution < 1.29 is 19.2 Å². The number of carboxylic acid groups (broad SMARTS) is 1. The van der Waals surface area contributed by atoms with Gasteiger partial charge in [0.1, 0.15) is 5.75 Å². The van der Waals surface area contributed by atoms with Crippen LogP contribution in [0.15, 0.2) is 29.2 Å². The minimum absolute atomic E-state index is 0.0207. The summed E-state index contributed by atoms with van der Waals surface area (Å²) in [6.45, 7) is 0. The van der Waals surface area contributed by atoms with Crippen molar-refractivity contribution in [2.24, 2.45) is 0 Å². The lowest BCUT2D eigenvalue weighted by atomic mass is 10.3. The van der Waals surface area contributed by atoms with Gasteiger partial charge in [-0.25, -0.2) is 0 Å². The highest BCUT2D eigenvalue weighted by Gasteiger charge is 2.09. The van der Waals surface area contributed by atoms with Crippen LogP contribution >= 0.6 is 0 Å². The smallest absolute Gasteiger partial charge is 0.304 e. The van der Waals surface area contributed by atoms with Gasteiger partial charge in [0.05, 0.1) is 22.1 Å². The second-order valence-electron chi connectivity index (χ2n) is 2.66. The van der Waals surface area contributed by atoms with Gasteiger partial charge in [0.25, 0.3) is 0 Å². The molecule has 1 atom stereocenters. The number of carbonyl (C=O) groups is 1. The Balaban J connectivity index is 2.70. The van der Waals surface area contributed by atoms with Crippen LogP contribution in [0.2, 0.25) is 0 Å². The molecule has 0 aliphatic heterocycles. The summed E-state index contributed by atoms with van der Waals surface area (Å²) >= 11 is 0. The summed E-state index contributed by atoms with van der Waals surface area (Å²) in [5.74, 6) is -1.03. The number of aliphatic carboxylic acids is 1. The van der Waals surface area contributed by atoms with Crippen LogP contribution < -0.4 is 0 Å². The van der Waals surface area contributed by atoms with E-state index in [1.54, 1.807) is 12.1 Å². The summed E-state index contributed by atoms with van der Waals surface area (Å²) < 4.78 is 11.5. The van der Waals surface area contributed by atoms with Gasteiger partial charge >= 0.3 is 5.97 Å². The third-order valence-corrected chi connectivity index (χ3v) is 3.02. The largest absolute Gasteiger partial charge is 0.507 e. The number of phenols is 1. The zero-order valence-electron chi connectivity index (χ0n) is 7.34. The second-order valence-corrected chi connectivity index (χ2v) is 4.20. The summed E-state index contributed by atoms with van der Waals surface area (Å²) in [7, 11) is -1.45. The Morgan fingerprint density at radius 1 is 1.36 bits per heavy atom. The van der Waals surface area contributed by atoms with Gasteiger partial charge < -0.3 is 10.2 Å². The molecule has 0 heterocycles. The van der Waals surface area contributed by atoms with Crippen LogP contribution in [0.4, 0.5) is 0 Å². The number of carboxylic acids is 1. The molecule has 4 nitrogen and oxygen atoms in total. The average Bonchev–Trinajstić information content (AvgIpc) is 2.15. The van der Waals surface area contributed by atoms with Gasteiger partial charge in [-0.15, -0.1) is 0 Å².